The molecule has 1 rings (SSSR count). The Morgan fingerprint density at radius 1 is 1.44 bits per heavy atom. The fourth-order valence-electron chi connectivity index (χ4n) is 1.28. The number of hydrogen-bond acceptors (Lipinski definition) is 5. The highest BCUT2D eigenvalue weighted by atomic mass is 32.2. The van der Waals surface area contributed by atoms with E-state index in [-0.39, 0.29) is 10.1 Å². The number of esters is 1. The van der Waals surface area contributed by atoms with E-state index < -0.39 is 15.8 Å². The van der Waals surface area contributed by atoms with Crippen LogP contribution < -0.4 is 0 Å². The van der Waals surface area contributed by atoms with Crippen molar-refractivity contribution in [2.45, 2.75) is 24.0 Å². The molecule has 0 fully saturated rings. The molecule has 0 saturated heterocycles. The third-order valence-electron chi connectivity index (χ3n) is 2.07. The molecule has 0 atom stereocenters. The average Bonchev–Trinajstić information content (AvgIpc) is 2.60. The summed E-state index contributed by atoms with van der Waals surface area (Å²) >= 11 is 0.965. The van der Waals surface area contributed by atoms with Gasteiger partial charge in [0.15, 0.2) is 9.84 Å². The lowest BCUT2D eigenvalue weighted by molar-refractivity contribution is 0.0606. The van der Waals surface area contributed by atoms with Crippen LogP contribution >= 0.6 is 11.3 Å². The molecule has 0 N–H and O–H groups in total. The molecule has 0 unspecified atom stereocenters. The fourth-order valence-corrected chi connectivity index (χ4v) is 3.84. The molecule has 0 aliphatic heterocycles. The maximum atomic E-state index is 11.5. The normalized spacial score (nSPS) is 11.8. The summed E-state index contributed by atoms with van der Waals surface area (Å²) in [5.41, 5.74) is 0.674. The second kappa shape index (κ2) is 4.55. The van der Waals surface area contributed by atoms with Gasteiger partial charge in [-0.05, 0) is 17.5 Å². The summed E-state index contributed by atoms with van der Waals surface area (Å²) < 4.78 is 27.9. The minimum absolute atomic E-state index is 0.0550. The quantitative estimate of drug-likeness (QED) is 0.782. The van der Waals surface area contributed by atoms with Crippen molar-refractivity contribution in [2.75, 3.05) is 13.4 Å². The van der Waals surface area contributed by atoms with Crippen LogP contribution in [0.25, 0.3) is 0 Å². The summed E-state index contributed by atoms with van der Waals surface area (Å²) in [5.74, 6) is -0.443. The van der Waals surface area contributed by atoms with E-state index in [1.54, 1.807) is 6.07 Å². The van der Waals surface area contributed by atoms with Crippen molar-refractivity contribution in [2.24, 2.45) is 0 Å². The van der Waals surface area contributed by atoms with Gasteiger partial charge in [-0.25, -0.2) is 13.2 Å². The van der Waals surface area contributed by atoms with Crippen LogP contribution in [0.1, 0.15) is 35.0 Å². The summed E-state index contributed by atoms with van der Waals surface area (Å²) in [4.78, 5) is 11.6. The Morgan fingerprint density at radius 2 is 2.00 bits per heavy atom. The second-order valence-corrected chi connectivity index (χ2v) is 7.04. The number of carbonyl (C=O) groups is 1. The Morgan fingerprint density at radius 3 is 2.31 bits per heavy atom. The van der Waals surface area contributed by atoms with E-state index in [9.17, 15) is 13.2 Å². The van der Waals surface area contributed by atoms with Crippen LogP contribution in [-0.4, -0.2) is 27.8 Å². The van der Waals surface area contributed by atoms with Gasteiger partial charge in [-0.3, -0.25) is 0 Å². The van der Waals surface area contributed by atoms with Gasteiger partial charge >= 0.3 is 5.97 Å². The highest BCUT2D eigenvalue weighted by Gasteiger charge is 2.22. The van der Waals surface area contributed by atoms with Crippen molar-refractivity contribution >= 4 is 27.1 Å². The molecule has 6 heteroatoms. The Labute approximate surface area is 99.2 Å². The number of rotatable bonds is 3. The lowest BCUT2D eigenvalue weighted by Crippen LogP contribution is -1.99. The van der Waals surface area contributed by atoms with E-state index in [0.29, 0.717) is 10.4 Å². The van der Waals surface area contributed by atoms with Gasteiger partial charge in [0.25, 0.3) is 0 Å². The van der Waals surface area contributed by atoms with E-state index >= 15 is 0 Å². The van der Waals surface area contributed by atoms with Crippen molar-refractivity contribution in [1.82, 2.24) is 0 Å². The van der Waals surface area contributed by atoms with E-state index in [1.165, 1.54) is 7.11 Å². The molecule has 16 heavy (non-hydrogen) atoms. The molecule has 1 heterocycles. The van der Waals surface area contributed by atoms with Crippen LogP contribution in [0.5, 0.6) is 0 Å². The van der Waals surface area contributed by atoms with Gasteiger partial charge < -0.3 is 4.74 Å². The first kappa shape index (κ1) is 13.2. The average molecular weight is 262 g/mol. The summed E-state index contributed by atoms with van der Waals surface area (Å²) in [7, 11) is -2.01. The Kier molecular flexibility index (Phi) is 3.75. The molecule has 4 nitrogen and oxygen atoms in total. The van der Waals surface area contributed by atoms with E-state index in [0.717, 1.165) is 17.6 Å². The van der Waals surface area contributed by atoms with E-state index in [4.69, 9.17) is 0 Å². The molecule has 0 radical (unpaired) electrons. The van der Waals surface area contributed by atoms with Crippen LogP contribution in [0.4, 0.5) is 0 Å². The Bertz CT molecular complexity index is 497. The van der Waals surface area contributed by atoms with Gasteiger partial charge in [0.05, 0.1) is 7.11 Å². The summed E-state index contributed by atoms with van der Waals surface area (Å²) in [6, 6.07) is 1.59. The molecule has 0 amide bonds. The minimum atomic E-state index is -3.29. The zero-order valence-electron chi connectivity index (χ0n) is 9.60. The molecule has 0 spiro atoms. The maximum absolute atomic E-state index is 11.5. The van der Waals surface area contributed by atoms with Crippen molar-refractivity contribution in [3.63, 3.8) is 0 Å². The first-order valence-corrected chi connectivity index (χ1v) is 7.40. The monoisotopic (exact) mass is 262 g/mol. The number of thiophene rings is 1. The first-order valence-electron chi connectivity index (χ1n) is 4.69. The summed E-state index contributed by atoms with van der Waals surface area (Å²) in [5, 5.41) is 0. The molecular formula is C10H14O4S2. The van der Waals surface area contributed by atoms with Crippen LogP contribution in [0, 0.1) is 0 Å². The van der Waals surface area contributed by atoms with Crippen LogP contribution in [0.15, 0.2) is 10.3 Å². The lowest BCUT2D eigenvalue weighted by Gasteiger charge is -2.03. The van der Waals surface area contributed by atoms with Gasteiger partial charge in [-0.15, -0.1) is 11.3 Å². The number of hydrogen-bond donors (Lipinski definition) is 0. The van der Waals surface area contributed by atoms with Gasteiger partial charge in [-0.1, -0.05) is 13.8 Å². The van der Waals surface area contributed by atoms with Crippen LogP contribution in [0.2, 0.25) is 0 Å². The number of carbonyl (C=O) groups excluding carboxylic acids is 1. The summed E-state index contributed by atoms with van der Waals surface area (Å²) in [6.07, 6.45) is 1.14. The molecule has 0 aliphatic rings. The predicted molar refractivity (Wildman–Crippen MR) is 62.9 cm³/mol. The summed E-state index contributed by atoms with van der Waals surface area (Å²) in [6.45, 7) is 3.77. The molecule has 0 aliphatic carbocycles. The lowest BCUT2D eigenvalue weighted by atomic mass is 10.1. The Hall–Kier alpha value is -0.880. The number of sulfone groups is 1. The molecule has 90 valence electrons. The number of methoxy groups -OCH3 is 1. The molecule has 0 bridgehead atoms. The molecule has 0 aromatic carbocycles. The Balaban J connectivity index is 3.38. The van der Waals surface area contributed by atoms with E-state index in [1.807, 2.05) is 13.8 Å². The van der Waals surface area contributed by atoms with Gasteiger partial charge in [0.1, 0.15) is 9.09 Å². The number of ether oxygens (including phenoxy) is 1. The largest absolute Gasteiger partial charge is 0.465 e. The van der Waals surface area contributed by atoms with E-state index in [2.05, 4.69) is 4.74 Å². The predicted octanol–water partition coefficient (Wildman–Crippen LogP) is 2.06. The fraction of sp³-hybridized carbons (Fsp3) is 0.500. The zero-order valence-corrected chi connectivity index (χ0v) is 11.2. The van der Waals surface area contributed by atoms with Crippen molar-refractivity contribution in [3.05, 3.63) is 16.5 Å². The second-order valence-electron chi connectivity index (χ2n) is 3.77. The molecule has 1 aromatic rings. The topological polar surface area (TPSA) is 60.4 Å². The standard InChI is InChI=1S/C10H14O4S2/c1-6(2)7-5-8(9(11)14-3)15-10(7)16(4,12)13/h5-6H,1-4H3. The third-order valence-corrected chi connectivity index (χ3v) is 5.06. The smallest absolute Gasteiger partial charge is 0.348 e. The van der Waals surface area contributed by atoms with Gasteiger partial charge in [-0.2, -0.15) is 0 Å². The van der Waals surface area contributed by atoms with Gasteiger partial charge in [0, 0.05) is 6.26 Å². The third kappa shape index (κ3) is 2.62. The van der Waals surface area contributed by atoms with Crippen molar-refractivity contribution in [1.29, 1.82) is 0 Å². The molecular weight excluding hydrogens is 248 g/mol. The zero-order chi connectivity index (χ0) is 12.5. The SMILES string of the molecule is COC(=O)c1cc(C(C)C)c(S(C)(=O)=O)s1. The maximum Gasteiger partial charge on any atom is 0.348 e. The minimum Gasteiger partial charge on any atom is -0.465 e. The van der Waals surface area contributed by atoms with Crippen LogP contribution in [-0.2, 0) is 14.6 Å². The molecule has 0 saturated carbocycles. The highest BCUT2D eigenvalue weighted by molar-refractivity contribution is 7.92. The van der Waals surface area contributed by atoms with Crippen LogP contribution in [0.3, 0.4) is 0 Å². The van der Waals surface area contributed by atoms with Crippen molar-refractivity contribution < 1.29 is 17.9 Å². The van der Waals surface area contributed by atoms with Crippen molar-refractivity contribution in [3.8, 4) is 0 Å². The molecule has 1 aromatic heterocycles. The highest BCUT2D eigenvalue weighted by Crippen LogP contribution is 2.32. The first-order chi connectivity index (χ1) is 7.27. The van der Waals surface area contributed by atoms with Gasteiger partial charge in [0.2, 0.25) is 0 Å².